The maximum Gasteiger partial charge on any atom is 0.123 e. The van der Waals surface area contributed by atoms with Crippen molar-refractivity contribution < 1.29 is 9.13 Å². The molecule has 3 aliphatic heterocycles. The van der Waals surface area contributed by atoms with E-state index in [-0.39, 0.29) is 11.4 Å². The van der Waals surface area contributed by atoms with E-state index in [9.17, 15) is 4.39 Å². The van der Waals surface area contributed by atoms with Crippen LogP contribution in [0, 0.1) is 11.7 Å². The van der Waals surface area contributed by atoms with Crippen LogP contribution < -0.4 is 0 Å². The predicted octanol–water partition coefficient (Wildman–Crippen LogP) is 2.40. The van der Waals surface area contributed by atoms with Gasteiger partial charge in [0.25, 0.3) is 0 Å². The second-order valence-electron chi connectivity index (χ2n) is 6.01. The largest absolute Gasteiger partial charge is 0.362 e. The maximum atomic E-state index is 12.9. The number of fused-ring (bicyclic) bond motifs is 1. The Morgan fingerprint density at radius 1 is 1.32 bits per heavy atom. The van der Waals surface area contributed by atoms with Crippen molar-refractivity contribution in [3.63, 3.8) is 0 Å². The number of likely N-dealkylation sites (tertiary alicyclic amines) is 1. The highest BCUT2D eigenvalue weighted by molar-refractivity contribution is 5.24. The average molecular weight is 259 g/mol. The summed E-state index contributed by atoms with van der Waals surface area (Å²) in [5.41, 5.74) is 1.23. The third kappa shape index (κ3) is 1.92. The van der Waals surface area contributed by atoms with Crippen molar-refractivity contribution in [2.24, 2.45) is 5.92 Å². The van der Waals surface area contributed by atoms with Gasteiger partial charge in [0.15, 0.2) is 0 Å². The van der Waals surface area contributed by atoms with Gasteiger partial charge in [0.2, 0.25) is 0 Å². The lowest BCUT2D eigenvalue weighted by molar-refractivity contribution is 0.0239. The van der Waals surface area contributed by atoms with Crippen LogP contribution in [-0.4, -0.2) is 36.2 Å². The average Bonchev–Trinajstić information content (AvgIpc) is 3.04. The highest BCUT2D eigenvalue weighted by Gasteiger charge is 2.54. The number of hydrogen-bond donors (Lipinski definition) is 0. The molecule has 0 aromatic heterocycles. The monoisotopic (exact) mass is 259 g/mol. The smallest absolute Gasteiger partial charge is 0.123 e. The molecule has 1 spiro atoms. The molecule has 3 heterocycles. The van der Waals surface area contributed by atoms with Gasteiger partial charge in [-0.25, -0.2) is 4.39 Å². The van der Waals surface area contributed by atoms with Crippen LogP contribution in [0.4, 0.5) is 4.39 Å². The van der Waals surface area contributed by atoms with Crippen LogP contribution in [0.15, 0.2) is 36.4 Å². The van der Waals surface area contributed by atoms with Crippen LogP contribution in [0.25, 0.3) is 0 Å². The van der Waals surface area contributed by atoms with Gasteiger partial charge >= 0.3 is 0 Å². The SMILES string of the molecule is Fc1ccc(CCN2CC3CC4C=CC3(C2)O4)cc1. The number of benzene rings is 1. The Kier molecular flexibility index (Phi) is 2.54. The third-order valence-electron chi connectivity index (χ3n) is 4.75. The summed E-state index contributed by atoms with van der Waals surface area (Å²) in [4.78, 5) is 2.49. The minimum absolute atomic E-state index is 0.0213. The van der Waals surface area contributed by atoms with E-state index in [1.165, 1.54) is 12.0 Å². The van der Waals surface area contributed by atoms with Gasteiger partial charge in [0, 0.05) is 25.6 Å². The molecule has 19 heavy (non-hydrogen) atoms. The zero-order valence-corrected chi connectivity index (χ0v) is 10.9. The van der Waals surface area contributed by atoms with Crippen molar-refractivity contribution in [2.45, 2.75) is 24.5 Å². The van der Waals surface area contributed by atoms with Crippen molar-refractivity contribution in [1.29, 1.82) is 0 Å². The Balaban J connectivity index is 1.38. The molecule has 2 nitrogen and oxygen atoms in total. The second-order valence-corrected chi connectivity index (χ2v) is 6.01. The molecular weight excluding hydrogens is 241 g/mol. The minimum atomic E-state index is -0.158. The normalized spacial score (nSPS) is 36.1. The Morgan fingerprint density at radius 3 is 2.89 bits per heavy atom. The topological polar surface area (TPSA) is 12.5 Å². The molecule has 0 amide bonds. The molecule has 3 aliphatic rings. The molecule has 2 fully saturated rings. The van der Waals surface area contributed by atoms with E-state index in [1.54, 1.807) is 12.1 Å². The molecule has 3 unspecified atom stereocenters. The van der Waals surface area contributed by atoms with Crippen LogP contribution >= 0.6 is 0 Å². The molecule has 2 bridgehead atoms. The first kappa shape index (κ1) is 11.6. The molecule has 1 aromatic carbocycles. The Labute approximate surface area is 112 Å². The van der Waals surface area contributed by atoms with Crippen molar-refractivity contribution in [3.05, 3.63) is 47.8 Å². The first-order chi connectivity index (χ1) is 9.23. The Hall–Kier alpha value is -1.19. The zero-order valence-electron chi connectivity index (χ0n) is 10.9. The van der Waals surface area contributed by atoms with E-state index in [0.717, 1.165) is 26.1 Å². The molecule has 4 rings (SSSR count). The summed E-state index contributed by atoms with van der Waals surface area (Å²) in [6.45, 7) is 3.19. The second kappa shape index (κ2) is 4.15. The molecule has 3 atom stereocenters. The summed E-state index contributed by atoms with van der Waals surface area (Å²) in [7, 11) is 0. The first-order valence-corrected chi connectivity index (χ1v) is 7.07. The lowest BCUT2D eigenvalue weighted by Gasteiger charge is -2.22. The fourth-order valence-electron chi connectivity index (χ4n) is 3.75. The predicted molar refractivity (Wildman–Crippen MR) is 71.4 cm³/mol. The van der Waals surface area contributed by atoms with Crippen molar-refractivity contribution in [1.82, 2.24) is 4.90 Å². The van der Waals surface area contributed by atoms with Gasteiger partial charge in [-0.05, 0) is 30.5 Å². The summed E-state index contributed by atoms with van der Waals surface area (Å²) in [5.74, 6) is 0.518. The molecule has 0 saturated carbocycles. The van der Waals surface area contributed by atoms with E-state index in [4.69, 9.17) is 4.74 Å². The Morgan fingerprint density at radius 2 is 2.16 bits per heavy atom. The summed E-state index contributed by atoms with van der Waals surface area (Å²) < 4.78 is 18.9. The lowest BCUT2D eigenvalue weighted by atomic mass is 9.86. The van der Waals surface area contributed by atoms with Crippen LogP contribution in [0.1, 0.15) is 12.0 Å². The summed E-state index contributed by atoms with van der Waals surface area (Å²) >= 11 is 0. The van der Waals surface area contributed by atoms with Crippen LogP contribution in [0.3, 0.4) is 0 Å². The van der Waals surface area contributed by atoms with Gasteiger partial charge in [-0.2, -0.15) is 0 Å². The fourth-order valence-corrected chi connectivity index (χ4v) is 3.75. The highest BCUT2D eigenvalue weighted by atomic mass is 19.1. The van der Waals surface area contributed by atoms with Gasteiger partial charge in [-0.15, -0.1) is 0 Å². The molecular formula is C16H18FNO. The lowest BCUT2D eigenvalue weighted by Crippen LogP contribution is -2.33. The zero-order chi connectivity index (χ0) is 12.9. The number of halogens is 1. The number of ether oxygens (including phenoxy) is 1. The summed E-state index contributed by atoms with van der Waals surface area (Å²) in [5, 5.41) is 0. The van der Waals surface area contributed by atoms with Gasteiger partial charge in [-0.1, -0.05) is 24.3 Å². The van der Waals surface area contributed by atoms with E-state index in [2.05, 4.69) is 17.1 Å². The molecule has 0 aliphatic carbocycles. The quantitative estimate of drug-likeness (QED) is 0.773. The van der Waals surface area contributed by atoms with Gasteiger partial charge in [0.05, 0.1) is 6.10 Å². The van der Waals surface area contributed by atoms with E-state index >= 15 is 0 Å². The van der Waals surface area contributed by atoms with Crippen molar-refractivity contribution in [2.75, 3.05) is 19.6 Å². The number of rotatable bonds is 3. The van der Waals surface area contributed by atoms with Crippen LogP contribution in [0.5, 0.6) is 0 Å². The minimum Gasteiger partial charge on any atom is -0.362 e. The van der Waals surface area contributed by atoms with Gasteiger partial charge < -0.3 is 4.74 Å². The third-order valence-corrected chi connectivity index (χ3v) is 4.75. The fraction of sp³-hybridized carbons (Fsp3) is 0.500. The van der Waals surface area contributed by atoms with Crippen molar-refractivity contribution >= 4 is 0 Å². The van der Waals surface area contributed by atoms with Gasteiger partial charge in [0.1, 0.15) is 11.4 Å². The van der Waals surface area contributed by atoms with E-state index in [1.807, 2.05) is 12.1 Å². The first-order valence-electron chi connectivity index (χ1n) is 7.07. The van der Waals surface area contributed by atoms with Gasteiger partial charge in [-0.3, -0.25) is 4.90 Å². The molecule has 100 valence electrons. The number of hydrogen-bond acceptors (Lipinski definition) is 2. The molecule has 1 aromatic rings. The number of nitrogens with zero attached hydrogens (tertiary/aromatic N) is 1. The summed E-state index contributed by atoms with van der Waals surface area (Å²) in [6, 6.07) is 6.85. The highest BCUT2D eigenvalue weighted by Crippen LogP contribution is 2.47. The standard InChI is InChI=1S/C16H18FNO/c17-14-3-1-12(2-4-14)6-8-18-10-13-9-15-5-7-16(13,11-18)19-15/h1-5,7,13,15H,6,8-11H2. The van der Waals surface area contributed by atoms with Crippen molar-refractivity contribution in [3.8, 4) is 0 Å². The molecule has 3 heteroatoms. The molecule has 0 N–H and O–H groups in total. The van der Waals surface area contributed by atoms with E-state index in [0.29, 0.717) is 12.0 Å². The van der Waals surface area contributed by atoms with Crippen LogP contribution in [0.2, 0.25) is 0 Å². The molecule has 0 radical (unpaired) electrons. The van der Waals surface area contributed by atoms with E-state index < -0.39 is 0 Å². The van der Waals surface area contributed by atoms with Crippen LogP contribution in [-0.2, 0) is 11.2 Å². The molecule has 2 saturated heterocycles. The summed E-state index contributed by atoms with van der Waals surface area (Å²) in [6.07, 6.45) is 7.05. The Bertz CT molecular complexity index is 512. The maximum absolute atomic E-state index is 12.9.